The van der Waals surface area contributed by atoms with Crippen LogP contribution >= 0.6 is 0 Å². The van der Waals surface area contributed by atoms with Gasteiger partial charge in [0.15, 0.2) is 0 Å². The van der Waals surface area contributed by atoms with E-state index in [9.17, 15) is 29.4 Å². The predicted octanol–water partition coefficient (Wildman–Crippen LogP) is 2.09. The molecule has 0 bridgehead atoms. The summed E-state index contributed by atoms with van der Waals surface area (Å²) in [5, 5.41) is 29.7. The van der Waals surface area contributed by atoms with Gasteiger partial charge >= 0.3 is 12.0 Å². The van der Waals surface area contributed by atoms with Crippen molar-refractivity contribution < 1.29 is 29.4 Å². The third-order valence-corrected chi connectivity index (χ3v) is 6.70. The molecule has 0 unspecified atom stereocenters. The van der Waals surface area contributed by atoms with E-state index < -0.39 is 47.4 Å². The maximum atomic E-state index is 13.2. The summed E-state index contributed by atoms with van der Waals surface area (Å²) < 4.78 is 0. The third-order valence-electron chi connectivity index (χ3n) is 6.70. The highest BCUT2D eigenvalue weighted by Crippen LogP contribution is 2.17. The Labute approximate surface area is 245 Å². The van der Waals surface area contributed by atoms with Crippen LogP contribution in [0.4, 0.5) is 4.79 Å². The van der Waals surface area contributed by atoms with Crippen LogP contribution in [-0.2, 0) is 20.8 Å². The Morgan fingerprint density at radius 3 is 2.15 bits per heavy atom. The number of benzene rings is 1. The second kappa shape index (κ2) is 16.9. The van der Waals surface area contributed by atoms with E-state index in [-0.39, 0.29) is 25.5 Å². The van der Waals surface area contributed by atoms with E-state index in [0.717, 1.165) is 16.9 Å². The number of aliphatic hydroxyl groups excluding tert-OH is 1. The van der Waals surface area contributed by atoms with Gasteiger partial charge in [-0.25, -0.2) is 9.59 Å². The normalized spacial score (nSPS) is 14.5. The number of carboxylic acid groups (broad SMARTS) is 1. The first-order valence-electron chi connectivity index (χ1n) is 14.3. The Bertz CT molecular complexity index is 981. The topological polar surface area (TPSA) is 151 Å². The molecule has 5 N–H and O–H groups in total. The van der Waals surface area contributed by atoms with Gasteiger partial charge in [-0.05, 0) is 58.1 Å². The standard InChI is InChI=1S/C30H51N5O6/c1-20(2)14-15-35(29(41)33-30(4,5)6)19-24(36)23(17-22-12-10-9-11-13-22)32-25(37)16-21(3)27(28(39)40)34(8)26(38)18-31-7/h9-13,20-21,23-24,27,31,36H,14-19H2,1-8H3,(H,32,37)(H,33,41)(H,39,40)/t21-,23-,24+,27-/m0/s1. The molecule has 0 saturated carbocycles. The summed E-state index contributed by atoms with van der Waals surface area (Å²) in [5.74, 6) is -2.42. The minimum atomic E-state index is -1.20. The Kier molecular flexibility index (Phi) is 14.8. The summed E-state index contributed by atoms with van der Waals surface area (Å²) in [4.78, 5) is 53.3. The lowest BCUT2D eigenvalue weighted by molar-refractivity contribution is -0.151. The average molecular weight is 578 g/mol. The van der Waals surface area contributed by atoms with Gasteiger partial charge in [-0.2, -0.15) is 0 Å². The van der Waals surface area contributed by atoms with Crippen molar-refractivity contribution in [2.45, 2.75) is 84.5 Å². The largest absolute Gasteiger partial charge is 0.480 e. The van der Waals surface area contributed by atoms with Crippen molar-refractivity contribution >= 4 is 23.8 Å². The van der Waals surface area contributed by atoms with E-state index in [1.165, 1.54) is 7.05 Å². The van der Waals surface area contributed by atoms with Crippen LogP contribution in [0, 0.1) is 11.8 Å². The molecule has 0 aromatic heterocycles. The van der Waals surface area contributed by atoms with E-state index in [1.54, 1.807) is 18.9 Å². The monoisotopic (exact) mass is 577 g/mol. The van der Waals surface area contributed by atoms with Gasteiger partial charge in [0.05, 0.1) is 25.2 Å². The molecule has 11 nitrogen and oxygen atoms in total. The second-order valence-corrected chi connectivity index (χ2v) is 12.2. The van der Waals surface area contributed by atoms with Crippen molar-refractivity contribution in [1.82, 2.24) is 25.8 Å². The number of carbonyl (C=O) groups is 4. The zero-order valence-corrected chi connectivity index (χ0v) is 25.9. The quantitative estimate of drug-likeness (QED) is 0.202. The van der Waals surface area contributed by atoms with Crippen molar-refractivity contribution in [3.05, 3.63) is 35.9 Å². The highest BCUT2D eigenvalue weighted by molar-refractivity contribution is 5.85. The molecule has 4 amide bonds. The maximum absolute atomic E-state index is 13.2. The molecule has 0 aliphatic rings. The highest BCUT2D eigenvalue weighted by atomic mass is 16.4. The summed E-state index contributed by atoms with van der Waals surface area (Å²) in [6.07, 6.45) is -0.214. The first-order chi connectivity index (χ1) is 19.0. The molecule has 0 saturated heterocycles. The lowest BCUT2D eigenvalue weighted by Crippen LogP contribution is -2.55. The Balaban J connectivity index is 3.14. The number of hydrogen-bond donors (Lipinski definition) is 5. The van der Waals surface area contributed by atoms with E-state index in [1.807, 2.05) is 51.1 Å². The van der Waals surface area contributed by atoms with Gasteiger partial charge in [0.1, 0.15) is 6.04 Å². The van der Waals surface area contributed by atoms with Gasteiger partial charge in [-0.15, -0.1) is 0 Å². The van der Waals surface area contributed by atoms with Crippen molar-refractivity contribution in [1.29, 1.82) is 0 Å². The molecular weight excluding hydrogens is 526 g/mol. The fourth-order valence-electron chi connectivity index (χ4n) is 4.49. The van der Waals surface area contributed by atoms with E-state index in [4.69, 9.17) is 0 Å². The number of nitrogens with one attached hydrogen (secondary N) is 3. The summed E-state index contributed by atoms with van der Waals surface area (Å²) in [5.41, 5.74) is 0.424. The lowest BCUT2D eigenvalue weighted by atomic mass is 9.95. The minimum absolute atomic E-state index is 0.000968. The zero-order valence-electron chi connectivity index (χ0n) is 25.9. The number of rotatable bonds is 16. The fourth-order valence-corrected chi connectivity index (χ4v) is 4.49. The molecule has 1 aromatic rings. The molecular formula is C30H51N5O6. The molecule has 1 rings (SSSR count). The van der Waals surface area contributed by atoms with Gasteiger partial charge in [-0.3, -0.25) is 9.59 Å². The lowest BCUT2D eigenvalue weighted by Gasteiger charge is -2.33. The van der Waals surface area contributed by atoms with Crippen molar-refractivity contribution in [3.63, 3.8) is 0 Å². The second-order valence-electron chi connectivity index (χ2n) is 12.2. The molecule has 11 heteroatoms. The SMILES string of the molecule is CNCC(=O)N(C)[C@H](C(=O)O)[C@@H](C)CC(=O)N[C@@H](Cc1ccccc1)[C@H](O)CN(CCC(C)C)C(=O)NC(C)(C)C. The molecule has 232 valence electrons. The van der Waals surface area contributed by atoms with Crippen molar-refractivity contribution in [2.24, 2.45) is 11.8 Å². The Hall–Kier alpha value is -3.18. The maximum Gasteiger partial charge on any atom is 0.326 e. The highest BCUT2D eigenvalue weighted by Gasteiger charge is 2.34. The van der Waals surface area contributed by atoms with Crippen LogP contribution in [0.25, 0.3) is 0 Å². The van der Waals surface area contributed by atoms with Crippen LogP contribution < -0.4 is 16.0 Å². The summed E-state index contributed by atoms with van der Waals surface area (Å²) in [6, 6.07) is 7.14. The van der Waals surface area contributed by atoms with E-state index in [2.05, 4.69) is 29.8 Å². The average Bonchev–Trinajstić information content (AvgIpc) is 2.85. The number of aliphatic hydroxyl groups is 1. The van der Waals surface area contributed by atoms with Crippen LogP contribution in [0.5, 0.6) is 0 Å². The fraction of sp³-hybridized carbons (Fsp3) is 0.667. The molecule has 4 atom stereocenters. The number of urea groups is 1. The molecule has 0 aliphatic heterocycles. The number of aliphatic carboxylic acids is 1. The molecule has 41 heavy (non-hydrogen) atoms. The molecule has 0 fully saturated rings. The van der Waals surface area contributed by atoms with E-state index in [0.29, 0.717) is 18.9 Å². The summed E-state index contributed by atoms with van der Waals surface area (Å²) in [6.45, 7) is 11.8. The summed E-state index contributed by atoms with van der Waals surface area (Å²) in [7, 11) is 3.00. The third kappa shape index (κ3) is 13.4. The predicted molar refractivity (Wildman–Crippen MR) is 159 cm³/mol. The van der Waals surface area contributed by atoms with Crippen LogP contribution in [0.15, 0.2) is 30.3 Å². The number of carbonyl (C=O) groups excluding carboxylic acids is 3. The smallest absolute Gasteiger partial charge is 0.326 e. The Morgan fingerprint density at radius 2 is 1.63 bits per heavy atom. The zero-order chi connectivity index (χ0) is 31.3. The van der Waals surface area contributed by atoms with Crippen LogP contribution in [0.2, 0.25) is 0 Å². The van der Waals surface area contributed by atoms with Gasteiger partial charge < -0.3 is 36.0 Å². The molecule has 1 aromatic carbocycles. The van der Waals surface area contributed by atoms with Gasteiger partial charge in [0.2, 0.25) is 11.8 Å². The molecule has 0 radical (unpaired) electrons. The van der Waals surface area contributed by atoms with Gasteiger partial charge in [0, 0.05) is 25.6 Å². The molecule has 0 spiro atoms. The number of carboxylic acids is 1. The number of nitrogens with zero attached hydrogens (tertiary/aromatic N) is 2. The molecule has 0 aliphatic carbocycles. The molecule has 0 heterocycles. The minimum Gasteiger partial charge on any atom is -0.480 e. The first-order valence-corrected chi connectivity index (χ1v) is 14.3. The Morgan fingerprint density at radius 1 is 1.02 bits per heavy atom. The van der Waals surface area contributed by atoms with Crippen molar-refractivity contribution in [2.75, 3.05) is 33.7 Å². The van der Waals surface area contributed by atoms with Gasteiger partial charge in [-0.1, -0.05) is 51.1 Å². The van der Waals surface area contributed by atoms with Crippen LogP contribution in [0.1, 0.15) is 59.9 Å². The summed E-state index contributed by atoms with van der Waals surface area (Å²) >= 11 is 0. The number of amides is 4. The van der Waals surface area contributed by atoms with Gasteiger partial charge in [0.25, 0.3) is 0 Å². The number of likely N-dealkylation sites (N-methyl/N-ethyl adjacent to an activating group) is 2. The number of hydrogen-bond acceptors (Lipinski definition) is 6. The van der Waals surface area contributed by atoms with Crippen LogP contribution in [-0.4, -0.2) is 101 Å². The van der Waals surface area contributed by atoms with Crippen molar-refractivity contribution in [3.8, 4) is 0 Å². The first kappa shape index (κ1) is 35.8. The van der Waals surface area contributed by atoms with E-state index >= 15 is 0 Å². The van der Waals surface area contributed by atoms with Crippen LogP contribution in [0.3, 0.4) is 0 Å².